The van der Waals surface area contributed by atoms with Crippen LogP contribution in [0.5, 0.6) is 0 Å². The zero-order chi connectivity index (χ0) is 94.5. The number of benzene rings is 21. The lowest BCUT2D eigenvalue weighted by atomic mass is 9.68. The summed E-state index contributed by atoms with van der Waals surface area (Å²) in [7, 11) is 0. The second-order valence-electron chi connectivity index (χ2n) is 43.6. The fraction of sp³-hybridized carbons (Fsp3) is 0.132. The van der Waals surface area contributed by atoms with Gasteiger partial charge in [-0.05, 0) is 305 Å². The van der Waals surface area contributed by atoms with Gasteiger partial charge in [0.2, 0.25) is 0 Å². The predicted molar refractivity (Wildman–Crippen MR) is 590 cm³/mol. The summed E-state index contributed by atoms with van der Waals surface area (Å²) in [6.45, 7) is 27.8. The molecule has 21 aromatic carbocycles. The van der Waals surface area contributed by atoms with Crippen LogP contribution in [-0.4, -0.2) is 0 Å². The number of furan rings is 2. The molecule has 4 heteroatoms. The Bertz CT molecular complexity index is 8300. The Morgan fingerprint density at radius 2 is 0.414 bits per heavy atom. The Balaban J connectivity index is 0.729. The Morgan fingerprint density at radius 3 is 0.671 bits per heavy atom. The Hall–Kier alpha value is -16.1. The molecule has 0 unspecified atom stereocenters. The number of fused-ring (bicyclic) bond motifs is 32. The molecule has 0 saturated heterocycles. The SMILES string of the molecule is CC(C)(C)c1ccc(-c2ccc(N(c3ccc(-c4ccc(C(C)(C)C)c5ccccc45)cc3)c3cc4c(c5c3oc3ccccc35)-c3cc5c(cc3C43c4ccccc4-c4ccccc43)-c3c(cc(N(c4ccc(-c6ccc(C(C)(C)C)c7ccccc67)cc4)c4ccc(-c6ccc(C(C)(C)C)c7ccccc67)cc4)c4oc6ccccc6c34)C53c4ccccc4-c4ccccc43)cc2)c2ccccc12. The molecule has 0 atom stereocenters. The average Bonchev–Trinajstić information content (AvgIpc) is 1.47. The van der Waals surface area contributed by atoms with E-state index in [4.69, 9.17) is 8.83 Å². The van der Waals surface area contributed by atoms with E-state index in [0.717, 1.165) is 100 Å². The third-order valence-electron chi connectivity index (χ3n) is 31.6. The van der Waals surface area contributed by atoms with Crippen LogP contribution in [0.4, 0.5) is 34.1 Å². The minimum Gasteiger partial charge on any atom is -0.454 e. The topological polar surface area (TPSA) is 32.8 Å². The third-order valence-corrected chi connectivity index (χ3v) is 31.6. The van der Waals surface area contributed by atoms with Crippen LogP contribution in [0.3, 0.4) is 0 Å². The summed E-state index contributed by atoms with van der Waals surface area (Å²) in [5, 5.41) is 14.3. The molecule has 2 heterocycles. The fourth-order valence-electron chi connectivity index (χ4n) is 25.6. The van der Waals surface area contributed by atoms with Crippen LogP contribution in [-0.2, 0) is 32.5 Å². The van der Waals surface area contributed by atoms with Gasteiger partial charge in [0, 0.05) is 44.3 Å². The van der Waals surface area contributed by atoms with E-state index in [1.807, 2.05) is 0 Å². The maximum Gasteiger partial charge on any atom is 0.160 e. The van der Waals surface area contributed by atoms with Gasteiger partial charge in [-0.3, -0.25) is 0 Å². The van der Waals surface area contributed by atoms with Crippen molar-refractivity contribution in [1.82, 2.24) is 0 Å². The number of rotatable bonds is 10. The van der Waals surface area contributed by atoms with E-state index < -0.39 is 10.8 Å². The molecule has 0 saturated carbocycles. The molecule has 4 aliphatic carbocycles. The molecular weight excluding hydrogens is 1690 g/mol. The summed E-state index contributed by atoms with van der Waals surface area (Å²) < 4.78 is 15.8. The van der Waals surface area contributed by atoms with E-state index in [-0.39, 0.29) is 21.7 Å². The number of hydrogen-bond donors (Lipinski definition) is 0. The highest BCUT2D eigenvalue weighted by Crippen LogP contribution is 2.72. The lowest BCUT2D eigenvalue weighted by Gasteiger charge is -2.33. The highest BCUT2D eigenvalue weighted by atomic mass is 16.3. The van der Waals surface area contributed by atoms with Gasteiger partial charge in [0.1, 0.15) is 11.2 Å². The van der Waals surface area contributed by atoms with Gasteiger partial charge in [0.25, 0.3) is 0 Å². The van der Waals surface area contributed by atoms with Crippen molar-refractivity contribution in [2.75, 3.05) is 9.80 Å². The summed E-state index contributed by atoms with van der Waals surface area (Å²) in [5.74, 6) is 0. The molecule has 2 spiro atoms. The first-order chi connectivity index (χ1) is 68.0. The fourth-order valence-corrected chi connectivity index (χ4v) is 25.6. The zero-order valence-corrected chi connectivity index (χ0v) is 81.0. The van der Waals surface area contributed by atoms with Crippen molar-refractivity contribution in [3.8, 4) is 89.0 Å². The largest absolute Gasteiger partial charge is 0.454 e. The number of anilines is 6. The van der Waals surface area contributed by atoms with Crippen molar-refractivity contribution >= 4 is 121 Å². The zero-order valence-electron chi connectivity index (χ0n) is 81.0. The van der Waals surface area contributed by atoms with E-state index in [9.17, 15) is 0 Å². The summed E-state index contributed by atoms with van der Waals surface area (Å²) in [6, 6.07) is 158. The van der Waals surface area contributed by atoms with Crippen molar-refractivity contribution in [3.63, 3.8) is 0 Å². The summed E-state index contributed by atoms with van der Waals surface area (Å²) in [6.07, 6.45) is 0. The third kappa shape index (κ3) is 12.0. The van der Waals surface area contributed by atoms with Crippen molar-refractivity contribution in [3.05, 3.63) is 479 Å². The molecule has 140 heavy (non-hydrogen) atoms. The molecule has 0 aliphatic heterocycles. The first-order valence-corrected chi connectivity index (χ1v) is 49.7. The number of hydrogen-bond acceptors (Lipinski definition) is 4. The molecule has 0 amide bonds. The van der Waals surface area contributed by atoms with Gasteiger partial charge >= 0.3 is 0 Å². The molecule has 0 N–H and O–H groups in total. The van der Waals surface area contributed by atoms with Gasteiger partial charge in [-0.1, -0.05) is 411 Å². The predicted octanol–water partition coefficient (Wildman–Crippen LogP) is 37.6. The quantitative estimate of drug-likeness (QED) is 0.137. The van der Waals surface area contributed by atoms with Crippen molar-refractivity contribution in [2.24, 2.45) is 0 Å². The monoisotopic (exact) mass is 1800 g/mol. The number of para-hydroxylation sites is 2. The Labute approximate surface area is 817 Å². The minimum absolute atomic E-state index is 0.0544. The van der Waals surface area contributed by atoms with E-state index >= 15 is 0 Å². The normalized spacial score (nSPS) is 13.7. The van der Waals surface area contributed by atoms with Gasteiger partial charge in [-0.2, -0.15) is 0 Å². The van der Waals surface area contributed by atoms with Crippen molar-refractivity contribution in [2.45, 2.75) is 116 Å². The van der Waals surface area contributed by atoms with Crippen molar-refractivity contribution in [1.29, 1.82) is 0 Å². The summed E-state index contributed by atoms with van der Waals surface area (Å²) in [5.41, 5.74) is 41.2. The Kier molecular flexibility index (Phi) is 17.9. The van der Waals surface area contributed by atoms with Gasteiger partial charge in [0.05, 0.1) is 22.2 Å². The van der Waals surface area contributed by atoms with E-state index in [0.29, 0.717) is 0 Å². The molecular formula is C136H104N2O2. The molecule has 23 aromatic rings. The van der Waals surface area contributed by atoms with Crippen LogP contribution in [0.1, 0.15) is 150 Å². The smallest absolute Gasteiger partial charge is 0.160 e. The van der Waals surface area contributed by atoms with E-state index in [1.54, 1.807) is 0 Å². The summed E-state index contributed by atoms with van der Waals surface area (Å²) in [4.78, 5) is 5.01. The molecule has 0 fully saturated rings. The highest BCUT2D eigenvalue weighted by Gasteiger charge is 2.58. The van der Waals surface area contributed by atoms with Gasteiger partial charge < -0.3 is 18.6 Å². The van der Waals surface area contributed by atoms with Crippen LogP contribution in [0.15, 0.2) is 421 Å². The molecule has 4 nitrogen and oxygen atoms in total. The average molecular weight is 1800 g/mol. The van der Waals surface area contributed by atoms with Crippen LogP contribution >= 0.6 is 0 Å². The summed E-state index contributed by atoms with van der Waals surface area (Å²) >= 11 is 0. The van der Waals surface area contributed by atoms with Crippen LogP contribution < -0.4 is 9.80 Å². The standard InChI is InChI=1S/C136H104N2O2/c1-131(2,3)109-73-69-89(93-33-13-17-37-97(93)109)81-53-61-85(62-54-81)137(86-63-55-82(56-64-86)90-70-74-110(132(4,5)6)98-38-18-14-34-94(90)98)121-79-119-125(127-105-45-25-31-51-123(105)139-129(121)127)107-77-118-108(78-117(107)135(119)113-47-27-21-41-101(113)102-42-22-28-48-114(102)135)126-120(136(118)115-49-29-23-43-103(115)104-44-24-30-50-116(104)136)80-122(130-128(126)106-46-26-32-52-124(106)140-130)138(87-65-57-83(58-66-87)91-71-75-111(133(7,8)9)99-39-19-15-35-95(91)99)88-67-59-84(60-68-88)92-72-76-112(134(10,11)12)100-40-20-16-36-96(92)100/h13-80H,1-12H3. The van der Waals surface area contributed by atoms with E-state index in [2.05, 4.69) is 505 Å². The minimum atomic E-state index is -0.913. The molecule has 27 rings (SSSR count). The van der Waals surface area contributed by atoms with Gasteiger partial charge in [-0.25, -0.2) is 0 Å². The lowest BCUT2D eigenvalue weighted by molar-refractivity contribution is 0.595. The van der Waals surface area contributed by atoms with Gasteiger partial charge in [0.15, 0.2) is 11.2 Å². The van der Waals surface area contributed by atoms with Gasteiger partial charge in [-0.15, -0.1) is 0 Å². The maximum atomic E-state index is 7.88. The first-order valence-electron chi connectivity index (χ1n) is 49.7. The highest BCUT2D eigenvalue weighted by molar-refractivity contribution is 6.24. The molecule has 0 radical (unpaired) electrons. The first kappa shape index (κ1) is 83.2. The van der Waals surface area contributed by atoms with E-state index in [1.165, 1.54) is 177 Å². The maximum absolute atomic E-state index is 7.88. The second kappa shape index (κ2) is 30.2. The molecule has 4 aliphatic rings. The van der Waals surface area contributed by atoms with Crippen LogP contribution in [0.2, 0.25) is 0 Å². The van der Waals surface area contributed by atoms with Crippen LogP contribution in [0, 0.1) is 0 Å². The molecule has 2 aromatic heterocycles. The molecule has 670 valence electrons. The van der Waals surface area contributed by atoms with Crippen LogP contribution in [0.25, 0.3) is 176 Å². The lowest BCUT2D eigenvalue weighted by Crippen LogP contribution is -2.27. The number of nitrogens with zero attached hydrogens (tertiary/aromatic N) is 2. The van der Waals surface area contributed by atoms with Crippen molar-refractivity contribution < 1.29 is 8.83 Å². The second-order valence-corrected chi connectivity index (χ2v) is 43.6. The molecule has 0 bridgehead atoms. The Morgan fingerprint density at radius 1 is 0.186 bits per heavy atom.